The molecule has 0 atom stereocenters. The zero-order valence-corrected chi connectivity index (χ0v) is 12.4. The normalized spacial score (nSPS) is 13.6. The molecule has 0 unspecified atom stereocenters. The summed E-state index contributed by atoms with van der Waals surface area (Å²) in [4.78, 5) is 2.40. The number of rotatable bonds is 2. The van der Waals surface area contributed by atoms with E-state index in [0.717, 1.165) is 15.1 Å². The second-order valence-corrected chi connectivity index (χ2v) is 6.60. The van der Waals surface area contributed by atoms with Gasteiger partial charge in [-0.05, 0) is 60.7 Å². The van der Waals surface area contributed by atoms with Crippen LogP contribution in [0.1, 0.15) is 17.5 Å². The first kappa shape index (κ1) is 12.1. The maximum Gasteiger partial charge on any atom is 0.0467 e. The van der Waals surface area contributed by atoms with E-state index in [2.05, 4.69) is 40.2 Å². The standard InChI is InChI=1S/C15H14BrNS/c16-12-5-7-15(14(17)9-12)18-13-6-4-10-2-1-3-11(10)8-13/h4-9H,1-3,17H2. The SMILES string of the molecule is Nc1cc(Br)ccc1Sc1ccc2c(c1)CCC2. The molecule has 1 nitrogen and oxygen atoms in total. The van der Waals surface area contributed by atoms with Crippen molar-refractivity contribution in [1.29, 1.82) is 0 Å². The molecule has 18 heavy (non-hydrogen) atoms. The third-order valence-corrected chi connectivity index (χ3v) is 4.84. The first-order valence-electron chi connectivity index (χ1n) is 6.07. The van der Waals surface area contributed by atoms with E-state index < -0.39 is 0 Å². The van der Waals surface area contributed by atoms with Crippen LogP contribution in [0.25, 0.3) is 0 Å². The molecule has 0 amide bonds. The van der Waals surface area contributed by atoms with Crippen LogP contribution in [-0.4, -0.2) is 0 Å². The Kier molecular flexibility index (Phi) is 3.35. The van der Waals surface area contributed by atoms with Gasteiger partial charge >= 0.3 is 0 Å². The Hall–Kier alpha value is -0.930. The van der Waals surface area contributed by atoms with Gasteiger partial charge in [0.15, 0.2) is 0 Å². The van der Waals surface area contributed by atoms with Crippen LogP contribution >= 0.6 is 27.7 Å². The van der Waals surface area contributed by atoms with Gasteiger partial charge in [-0.3, -0.25) is 0 Å². The average Bonchev–Trinajstić information content (AvgIpc) is 2.80. The van der Waals surface area contributed by atoms with Crippen LogP contribution in [0.5, 0.6) is 0 Å². The van der Waals surface area contributed by atoms with E-state index >= 15 is 0 Å². The van der Waals surface area contributed by atoms with E-state index in [1.807, 2.05) is 12.1 Å². The Morgan fingerprint density at radius 2 is 1.83 bits per heavy atom. The van der Waals surface area contributed by atoms with Crippen LogP contribution in [-0.2, 0) is 12.8 Å². The molecular formula is C15H14BrNS. The zero-order valence-electron chi connectivity index (χ0n) is 9.95. The molecule has 0 bridgehead atoms. The molecule has 0 spiro atoms. The molecule has 0 fully saturated rings. The van der Waals surface area contributed by atoms with Gasteiger partial charge in [0, 0.05) is 20.0 Å². The Labute approximate surface area is 120 Å². The number of aryl methyl sites for hydroxylation is 2. The fourth-order valence-corrected chi connectivity index (χ4v) is 3.63. The Balaban J connectivity index is 1.88. The first-order valence-corrected chi connectivity index (χ1v) is 7.68. The molecule has 0 radical (unpaired) electrons. The summed E-state index contributed by atoms with van der Waals surface area (Å²) >= 11 is 5.18. The lowest BCUT2D eigenvalue weighted by atomic mass is 10.1. The minimum absolute atomic E-state index is 0.829. The minimum atomic E-state index is 0.829. The lowest BCUT2D eigenvalue weighted by Crippen LogP contribution is -1.88. The van der Waals surface area contributed by atoms with E-state index in [-0.39, 0.29) is 0 Å². The highest BCUT2D eigenvalue weighted by molar-refractivity contribution is 9.10. The van der Waals surface area contributed by atoms with Gasteiger partial charge in [0.2, 0.25) is 0 Å². The lowest BCUT2D eigenvalue weighted by Gasteiger charge is -2.07. The number of halogens is 1. The van der Waals surface area contributed by atoms with Gasteiger partial charge < -0.3 is 5.73 Å². The summed E-state index contributed by atoms with van der Waals surface area (Å²) < 4.78 is 1.03. The quantitative estimate of drug-likeness (QED) is 0.814. The maximum absolute atomic E-state index is 6.03. The Morgan fingerprint density at radius 1 is 1.00 bits per heavy atom. The van der Waals surface area contributed by atoms with Gasteiger partial charge in [-0.15, -0.1) is 0 Å². The molecule has 3 rings (SSSR count). The van der Waals surface area contributed by atoms with Crippen molar-refractivity contribution in [3.63, 3.8) is 0 Å². The minimum Gasteiger partial charge on any atom is -0.398 e. The third kappa shape index (κ3) is 2.43. The summed E-state index contributed by atoms with van der Waals surface area (Å²) in [6.07, 6.45) is 3.75. The predicted molar refractivity (Wildman–Crippen MR) is 81.1 cm³/mol. The van der Waals surface area contributed by atoms with Gasteiger partial charge in [0.1, 0.15) is 0 Å². The number of hydrogen-bond acceptors (Lipinski definition) is 2. The molecule has 1 aliphatic rings. The van der Waals surface area contributed by atoms with Crippen LogP contribution in [0, 0.1) is 0 Å². The number of nitrogens with two attached hydrogens (primary N) is 1. The number of hydrogen-bond donors (Lipinski definition) is 1. The summed E-state index contributed by atoms with van der Waals surface area (Å²) in [5, 5.41) is 0. The van der Waals surface area contributed by atoms with E-state index in [9.17, 15) is 0 Å². The van der Waals surface area contributed by atoms with E-state index in [1.54, 1.807) is 11.8 Å². The van der Waals surface area contributed by atoms with Crippen LogP contribution in [0.3, 0.4) is 0 Å². The van der Waals surface area contributed by atoms with Crippen LogP contribution in [0.4, 0.5) is 5.69 Å². The molecule has 0 heterocycles. The highest BCUT2D eigenvalue weighted by atomic mass is 79.9. The van der Waals surface area contributed by atoms with E-state index in [4.69, 9.17) is 5.73 Å². The molecule has 2 N–H and O–H groups in total. The van der Waals surface area contributed by atoms with Gasteiger partial charge in [0.05, 0.1) is 0 Å². The summed E-state index contributed by atoms with van der Waals surface area (Å²) in [7, 11) is 0. The van der Waals surface area contributed by atoms with Crippen molar-refractivity contribution in [2.75, 3.05) is 5.73 Å². The van der Waals surface area contributed by atoms with Gasteiger partial charge in [-0.1, -0.05) is 33.8 Å². The molecule has 3 heteroatoms. The molecule has 1 aliphatic carbocycles. The van der Waals surface area contributed by atoms with Crippen molar-refractivity contribution >= 4 is 33.4 Å². The molecular weight excluding hydrogens is 306 g/mol. The number of anilines is 1. The van der Waals surface area contributed by atoms with Crippen molar-refractivity contribution in [2.45, 2.75) is 29.1 Å². The average molecular weight is 320 g/mol. The summed E-state index contributed by atoms with van der Waals surface area (Å²) in [5.41, 5.74) is 9.89. The molecule has 0 aliphatic heterocycles. The molecule has 2 aromatic carbocycles. The molecule has 0 aromatic heterocycles. The maximum atomic E-state index is 6.03. The number of benzene rings is 2. The Morgan fingerprint density at radius 3 is 2.67 bits per heavy atom. The fraction of sp³-hybridized carbons (Fsp3) is 0.200. The van der Waals surface area contributed by atoms with Crippen LogP contribution in [0.2, 0.25) is 0 Å². The molecule has 0 saturated heterocycles. The smallest absolute Gasteiger partial charge is 0.0467 e. The molecule has 92 valence electrons. The zero-order chi connectivity index (χ0) is 12.5. The second kappa shape index (κ2) is 4.98. The van der Waals surface area contributed by atoms with Crippen LogP contribution < -0.4 is 5.73 Å². The highest BCUT2D eigenvalue weighted by Crippen LogP contribution is 2.35. The summed E-state index contributed by atoms with van der Waals surface area (Å²) in [5.74, 6) is 0. The Bertz CT molecular complexity index is 595. The second-order valence-electron chi connectivity index (χ2n) is 4.57. The van der Waals surface area contributed by atoms with Crippen molar-refractivity contribution < 1.29 is 0 Å². The van der Waals surface area contributed by atoms with E-state index in [0.29, 0.717) is 0 Å². The van der Waals surface area contributed by atoms with Crippen molar-refractivity contribution in [1.82, 2.24) is 0 Å². The highest BCUT2D eigenvalue weighted by Gasteiger charge is 2.11. The fourth-order valence-electron chi connectivity index (χ4n) is 2.35. The summed E-state index contributed by atoms with van der Waals surface area (Å²) in [6, 6.07) is 12.8. The van der Waals surface area contributed by atoms with Gasteiger partial charge in [-0.2, -0.15) is 0 Å². The van der Waals surface area contributed by atoms with Crippen LogP contribution in [0.15, 0.2) is 50.7 Å². The monoisotopic (exact) mass is 319 g/mol. The van der Waals surface area contributed by atoms with Gasteiger partial charge in [-0.25, -0.2) is 0 Å². The largest absolute Gasteiger partial charge is 0.398 e. The number of nitrogen functional groups attached to an aromatic ring is 1. The number of fused-ring (bicyclic) bond motifs is 1. The van der Waals surface area contributed by atoms with Crippen molar-refractivity contribution in [3.05, 3.63) is 52.0 Å². The van der Waals surface area contributed by atoms with E-state index in [1.165, 1.54) is 35.3 Å². The molecule has 2 aromatic rings. The predicted octanol–water partition coefficient (Wildman–Crippen LogP) is 4.67. The third-order valence-electron chi connectivity index (χ3n) is 3.27. The topological polar surface area (TPSA) is 26.0 Å². The summed E-state index contributed by atoms with van der Waals surface area (Å²) in [6.45, 7) is 0. The van der Waals surface area contributed by atoms with Gasteiger partial charge in [0.25, 0.3) is 0 Å². The van der Waals surface area contributed by atoms with Crippen molar-refractivity contribution in [3.8, 4) is 0 Å². The van der Waals surface area contributed by atoms with Crippen molar-refractivity contribution in [2.24, 2.45) is 0 Å². The first-order chi connectivity index (χ1) is 8.72. The lowest BCUT2D eigenvalue weighted by molar-refractivity contribution is 0.911. The molecule has 0 saturated carbocycles.